The van der Waals surface area contributed by atoms with Gasteiger partial charge in [0.2, 0.25) is 12.7 Å². The lowest BCUT2D eigenvalue weighted by atomic mass is 9.94. The number of ether oxygens (including phenoxy) is 2. The first-order valence-electron chi connectivity index (χ1n) is 10.3. The quantitative estimate of drug-likeness (QED) is 0.596. The number of hydrogen-bond donors (Lipinski definition) is 2. The topological polar surface area (TPSA) is 108 Å². The molecule has 32 heavy (non-hydrogen) atoms. The molecule has 3 N–H and O–H groups in total. The molecular weight excluding hydrogens is 428 g/mol. The third-order valence-corrected chi connectivity index (χ3v) is 7.45. The lowest BCUT2D eigenvalue weighted by molar-refractivity contribution is -0.118. The van der Waals surface area contributed by atoms with Crippen LogP contribution in [0.2, 0.25) is 0 Å². The minimum Gasteiger partial charge on any atom is -0.454 e. The standard InChI is InChI=1S/C24H22N2O5S/c25-14-32(28,29)20-8-3-17(4-9-20)16-1-6-19(7-2-16)26-23(27)24(11-12-24)18-5-10-21-22(13-18)31-15-30-21/h1-10,13H,11-12,14-15,25H2,(H,26,27). The van der Waals surface area contributed by atoms with Crippen molar-refractivity contribution < 1.29 is 22.7 Å². The van der Waals surface area contributed by atoms with Crippen LogP contribution in [0, 0.1) is 0 Å². The number of benzene rings is 3. The third kappa shape index (κ3) is 3.61. The molecule has 1 aliphatic carbocycles. The Morgan fingerprint density at radius 3 is 2.16 bits per heavy atom. The van der Waals surface area contributed by atoms with Crippen molar-refractivity contribution in [1.82, 2.24) is 0 Å². The minimum atomic E-state index is -3.44. The molecule has 2 aliphatic rings. The molecule has 0 aromatic heterocycles. The summed E-state index contributed by atoms with van der Waals surface area (Å²) in [6.07, 6.45) is 1.57. The molecule has 0 unspecified atom stereocenters. The molecule has 0 radical (unpaired) electrons. The minimum absolute atomic E-state index is 0.0412. The summed E-state index contributed by atoms with van der Waals surface area (Å²) >= 11 is 0. The van der Waals surface area contributed by atoms with Gasteiger partial charge < -0.3 is 20.5 Å². The maximum Gasteiger partial charge on any atom is 0.235 e. The fourth-order valence-electron chi connectivity index (χ4n) is 3.91. The molecule has 1 heterocycles. The Bertz CT molecular complexity index is 1280. The zero-order valence-electron chi connectivity index (χ0n) is 17.2. The predicted octanol–water partition coefficient (Wildman–Crippen LogP) is 3.44. The zero-order chi connectivity index (χ0) is 22.3. The summed E-state index contributed by atoms with van der Waals surface area (Å²) in [6, 6.07) is 19.7. The van der Waals surface area contributed by atoms with Gasteiger partial charge in [-0.2, -0.15) is 0 Å². The normalized spacial score (nSPS) is 15.9. The van der Waals surface area contributed by atoms with Crippen molar-refractivity contribution in [3.05, 3.63) is 72.3 Å². The molecule has 0 atom stereocenters. The van der Waals surface area contributed by atoms with Crippen LogP contribution in [-0.2, 0) is 20.0 Å². The summed E-state index contributed by atoms with van der Waals surface area (Å²) in [6.45, 7) is 0.204. The van der Waals surface area contributed by atoms with Crippen molar-refractivity contribution >= 4 is 21.4 Å². The van der Waals surface area contributed by atoms with Gasteiger partial charge in [0, 0.05) is 5.69 Å². The average Bonchev–Trinajstić information content (AvgIpc) is 3.50. The van der Waals surface area contributed by atoms with Gasteiger partial charge in [-0.1, -0.05) is 30.3 Å². The van der Waals surface area contributed by atoms with E-state index in [0.717, 1.165) is 29.5 Å². The van der Waals surface area contributed by atoms with E-state index >= 15 is 0 Å². The Hall–Kier alpha value is -3.36. The number of hydrogen-bond acceptors (Lipinski definition) is 6. The van der Waals surface area contributed by atoms with Crippen LogP contribution in [0.1, 0.15) is 18.4 Å². The summed E-state index contributed by atoms with van der Waals surface area (Å²) in [5.74, 6) is 0.917. The molecule has 3 aromatic carbocycles. The second kappa shape index (κ2) is 7.65. The van der Waals surface area contributed by atoms with Crippen LogP contribution in [-0.4, -0.2) is 27.0 Å². The number of amides is 1. The van der Waals surface area contributed by atoms with Crippen LogP contribution < -0.4 is 20.5 Å². The summed E-state index contributed by atoms with van der Waals surface area (Å²) in [5, 5.41) is 3.02. The summed E-state index contributed by atoms with van der Waals surface area (Å²) < 4.78 is 34.5. The highest BCUT2D eigenvalue weighted by molar-refractivity contribution is 7.91. The number of anilines is 1. The van der Waals surface area contributed by atoms with Gasteiger partial charge in [-0.15, -0.1) is 0 Å². The Labute approximate surface area is 186 Å². The zero-order valence-corrected chi connectivity index (χ0v) is 18.0. The van der Waals surface area contributed by atoms with Gasteiger partial charge in [-0.3, -0.25) is 4.79 Å². The Balaban J connectivity index is 1.30. The van der Waals surface area contributed by atoms with Crippen molar-refractivity contribution in [3.63, 3.8) is 0 Å². The first-order chi connectivity index (χ1) is 15.4. The van der Waals surface area contributed by atoms with Crippen LogP contribution in [0.5, 0.6) is 11.5 Å². The van der Waals surface area contributed by atoms with Crippen molar-refractivity contribution in [2.45, 2.75) is 23.2 Å². The highest BCUT2D eigenvalue weighted by Crippen LogP contribution is 2.51. The van der Waals surface area contributed by atoms with Crippen molar-refractivity contribution in [3.8, 4) is 22.6 Å². The highest BCUT2D eigenvalue weighted by atomic mass is 32.2. The maximum absolute atomic E-state index is 13.1. The molecule has 0 saturated heterocycles. The molecule has 0 bridgehead atoms. The van der Waals surface area contributed by atoms with E-state index in [9.17, 15) is 13.2 Å². The fraction of sp³-hybridized carbons (Fsp3) is 0.208. The number of fused-ring (bicyclic) bond motifs is 1. The summed E-state index contributed by atoms with van der Waals surface area (Å²) in [5.41, 5.74) is 8.19. The van der Waals surface area contributed by atoms with E-state index in [4.69, 9.17) is 15.2 Å². The number of carbonyl (C=O) groups excluding carboxylic acids is 1. The molecule has 1 fully saturated rings. The van der Waals surface area contributed by atoms with Crippen LogP contribution in [0.15, 0.2) is 71.6 Å². The van der Waals surface area contributed by atoms with Gasteiger partial charge in [0.15, 0.2) is 21.3 Å². The molecule has 0 spiro atoms. The van der Waals surface area contributed by atoms with E-state index in [1.807, 2.05) is 42.5 Å². The molecule has 1 saturated carbocycles. The average molecular weight is 451 g/mol. The van der Waals surface area contributed by atoms with E-state index in [-0.39, 0.29) is 17.6 Å². The lowest BCUT2D eigenvalue weighted by Gasteiger charge is -2.16. The van der Waals surface area contributed by atoms with Gasteiger partial charge in [0.25, 0.3) is 0 Å². The monoisotopic (exact) mass is 450 g/mol. The fourth-order valence-corrected chi connectivity index (χ4v) is 4.66. The third-order valence-electron chi connectivity index (χ3n) is 6.02. The second-order valence-corrected chi connectivity index (χ2v) is 10.0. The van der Waals surface area contributed by atoms with Crippen molar-refractivity contribution in [2.75, 3.05) is 18.0 Å². The van der Waals surface area contributed by atoms with Gasteiger partial charge in [0.05, 0.1) is 10.3 Å². The van der Waals surface area contributed by atoms with E-state index in [1.165, 1.54) is 0 Å². The molecule has 1 aliphatic heterocycles. The molecule has 164 valence electrons. The van der Waals surface area contributed by atoms with Gasteiger partial charge in [-0.25, -0.2) is 8.42 Å². The largest absolute Gasteiger partial charge is 0.454 e. The smallest absolute Gasteiger partial charge is 0.235 e. The first-order valence-corrected chi connectivity index (χ1v) is 11.9. The van der Waals surface area contributed by atoms with E-state index in [1.54, 1.807) is 24.3 Å². The SMILES string of the molecule is NCS(=O)(=O)c1ccc(-c2ccc(NC(=O)C3(c4ccc5c(c4)OCO5)CC3)cc2)cc1. The molecule has 7 nitrogen and oxygen atoms in total. The number of nitrogens with two attached hydrogens (primary N) is 1. The number of nitrogens with one attached hydrogen (secondary N) is 1. The Kier molecular flexibility index (Phi) is 4.91. The Morgan fingerprint density at radius 2 is 1.53 bits per heavy atom. The van der Waals surface area contributed by atoms with Gasteiger partial charge in [-0.05, 0) is 65.9 Å². The first kappa shape index (κ1) is 20.5. The van der Waals surface area contributed by atoms with Crippen molar-refractivity contribution in [2.24, 2.45) is 5.73 Å². The predicted molar refractivity (Wildman–Crippen MR) is 120 cm³/mol. The van der Waals surface area contributed by atoms with Crippen LogP contribution in [0.25, 0.3) is 11.1 Å². The van der Waals surface area contributed by atoms with E-state index in [2.05, 4.69) is 5.32 Å². The summed E-state index contributed by atoms with van der Waals surface area (Å²) in [7, 11) is -3.44. The lowest BCUT2D eigenvalue weighted by Crippen LogP contribution is -2.27. The van der Waals surface area contributed by atoms with Crippen LogP contribution >= 0.6 is 0 Å². The summed E-state index contributed by atoms with van der Waals surface area (Å²) in [4.78, 5) is 13.3. The Morgan fingerprint density at radius 1 is 0.906 bits per heavy atom. The van der Waals surface area contributed by atoms with Crippen LogP contribution in [0.4, 0.5) is 5.69 Å². The number of sulfone groups is 1. The molecule has 3 aromatic rings. The van der Waals surface area contributed by atoms with Crippen LogP contribution in [0.3, 0.4) is 0 Å². The second-order valence-electron chi connectivity index (χ2n) is 7.99. The highest BCUT2D eigenvalue weighted by Gasteiger charge is 2.51. The molecule has 5 rings (SSSR count). The van der Waals surface area contributed by atoms with Crippen molar-refractivity contribution in [1.29, 1.82) is 0 Å². The van der Waals surface area contributed by atoms with Gasteiger partial charge >= 0.3 is 0 Å². The molecule has 1 amide bonds. The van der Waals surface area contributed by atoms with Gasteiger partial charge in [0.1, 0.15) is 5.88 Å². The van der Waals surface area contributed by atoms with E-state index < -0.39 is 21.1 Å². The van der Waals surface area contributed by atoms with E-state index in [0.29, 0.717) is 17.2 Å². The number of carbonyl (C=O) groups is 1. The molecular formula is C24H22N2O5S. The number of rotatable bonds is 6. The molecule has 8 heteroatoms. The maximum atomic E-state index is 13.1.